The summed E-state index contributed by atoms with van der Waals surface area (Å²) in [7, 11) is 4.70. The van der Waals surface area contributed by atoms with E-state index in [0.29, 0.717) is 28.5 Å². The third-order valence-electron chi connectivity index (χ3n) is 6.26. The summed E-state index contributed by atoms with van der Waals surface area (Å²) < 4.78 is 25.8. The number of rotatable bonds is 8. The Bertz CT molecular complexity index is 1450. The van der Waals surface area contributed by atoms with Crippen LogP contribution in [-0.4, -0.2) is 94.8 Å². The van der Waals surface area contributed by atoms with Crippen LogP contribution in [0.15, 0.2) is 42.7 Å². The van der Waals surface area contributed by atoms with E-state index < -0.39 is 24.8 Å². The number of aromatic nitrogens is 3. The number of halogens is 1. The van der Waals surface area contributed by atoms with E-state index in [2.05, 4.69) is 26.3 Å². The van der Waals surface area contributed by atoms with Crippen LogP contribution in [0.5, 0.6) is 11.6 Å². The fraction of sp³-hybridized carbons (Fsp3) is 0.333. The molecule has 1 fully saturated rings. The lowest BCUT2D eigenvalue weighted by Crippen LogP contribution is -2.50. The lowest BCUT2D eigenvalue weighted by atomic mass is 10.0. The van der Waals surface area contributed by atoms with Crippen LogP contribution in [0.3, 0.4) is 0 Å². The average molecular weight is 550 g/mol. The van der Waals surface area contributed by atoms with Crippen LogP contribution in [0, 0.1) is 11.3 Å². The second kappa shape index (κ2) is 12.4. The zero-order chi connectivity index (χ0) is 28.8. The molecule has 1 saturated heterocycles. The van der Waals surface area contributed by atoms with Crippen LogP contribution >= 0.6 is 0 Å². The molecule has 1 aliphatic heterocycles. The number of amides is 2. The fourth-order valence-corrected chi connectivity index (χ4v) is 4.17. The smallest absolute Gasteiger partial charge is 0.258 e. The van der Waals surface area contributed by atoms with Crippen molar-refractivity contribution in [3.8, 4) is 29.0 Å². The molecule has 12 nitrogen and oxygen atoms in total. The van der Waals surface area contributed by atoms with Gasteiger partial charge in [-0.05, 0) is 30.3 Å². The Morgan fingerprint density at radius 1 is 1.23 bits per heavy atom. The molecule has 208 valence electrons. The molecule has 2 N–H and O–H groups in total. The van der Waals surface area contributed by atoms with Crippen LogP contribution in [0.25, 0.3) is 11.3 Å². The molecule has 0 radical (unpaired) electrons. The molecule has 2 aromatic heterocycles. The number of anilines is 2. The highest BCUT2D eigenvalue weighted by Crippen LogP contribution is 2.30. The normalized spacial score (nSPS) is 16.6. The quantitative estimate of drug-likeness (QED) is 0.427. The second-order valence-corrected chi connectivity index (χ2v) is 9.15. The Labute approximate surface area is 230 Å². The Hall–Kier alpha value is -4.83. The van der Waals surface area contributed by atoms with Crippen LogP contribution < -0.4 is 14.8 Å². The van der Waals surface area contributed by atoms with Gasteiger partial charge in [0, 0.05) is 38.7 Å². The van der Waals surface area contributed by atoms with Crippen molar-refractivity contribution in [3.63, 3.8) is 0 Å². The maximum absolute atomic E-state index is 14.7. The molecule has 2 atom stereocenters. The molecule has 1 unspecified atom stereocenters. The topological polar surface area (TPSA) is 154 Å². The number of methoxy groups -OCH3 is 1. The molecule has 1 aliphatic rings. The van der Waals surface area contributed by atoms with Gasteiger partial charge in [0.1, 0.15) is 48.1 Å². The molecule has 0 saturated carbocycles. The number of likely N-dealkylation sites (tertiary alicyclic amines) is 1. The SMILES string of the molecule is COc1nc(Nc2cc(-c3ccc(OC4CCN(C(=O)CO)C[C@H]4F)c(C#N)c3)ncn2)ccc1C(=O)N(C)C. The molecular formula is C27H28FN7O5. The molecule has 13 heteroatoms. The number of nitriles is 1. The number of aliphatic hydroxyl groups is 1. The summed E-state index contributed by atoms with van der Waals surface area (Å²) in [5.41, 5.74) is 1.62. The van der Waals surface area contributed by atoms with Gasteiger partial charge in [-0.15, -0.1) is 0 Å². The van der Waals surface area contributed by atoms with Crippen LogP contribution in [0.2, 0.25) is 0 Å². The maximum atomic E-state index is 14.7. The van der Waals surface area contributed by atoms with E-state index in [9.17, 15) is 19.2 Å². The molecule has 40 heavy (non-hydrogen) atoms. The summed E-state index contributed by atoms with van der Waals surface area (Å²) >= 11 is 0. The Morgan fingerprint density at radius 2 is 2.02 bits per heavy atom. The highest BCUT2D eigenvalue weighted by molar-refractivity contribution is 5.96. The predicted molar refractivity (Wildman–Crippen MR) is 142 cm³/mol. The van der Waals surface area contributed by atoms with Crippen LogP contribution in [-0.2, 0) is 4.79 Å². The number of hydrogen-bond acceptors (Lipinski definition) is 10. The van der Waals surface area contributed by atoms with Gasteiger partial charge < -0.3 is 29.7 Å². The van der Waals surface area contributed by atoms with Gasteiger partial charge in [0.2, 0.25) is 11.8 Å². The Balaban J connectivity index is 1.50. The summed E-state index contributed by atoms with van der Waals surface area (Å²) in [4.78, 5) is 39.5. The number of pyridine rings is 1. The van der Waals surface area contributed by atoms with Gasteiger partial charge in [0.15, 0.2) is 6.17 Å². The highest BCUT2D eigenvalue weighted by Gasteiger charge is 2.33. The third kappa shape index (κ3) is 6.24. The van der Waals surface area contributed by atoms with Gasteiger partial charge in [0.25, 0.3) is 5.91 Å². The number of nitrogens with zero attached hydrogens (tertiary/aromatic N) is 6. The molecule has 1 aromatic carbocycles. The molecule has 0 bridgehead atoms. The average Bonchev–Trinajstić information content (AvgIpc) is 2.97. The van der Waals surface area contributed by atoms with Gasteiger partial charge in [-0.3, -0.25) is 9.59 Å². The number of carbonyl (C=O) groups excluding carboxylic acids is 2. The molecule has 2 amide bonds. The number of nitrogens with one attached hydrogen (secondary N) is 1. The Kier molecular flexibility index (Phi) is 8.70. The number of piperidine rings is 1. The first-order valence-electron chi connectivity index (χ1n) is 12.3. The minimum Gasteiger partial charge on any atom is -0.486 e. The lowest BCUT2D eigenvalue weighted by Gasteiger charge is -2.34. The summed E-state index contributed by atoms with van der Waals surface area (Å²) in [5.74, 6) is 0.407. The van der Waals surface area contributed by atoms with Crippen molar-refractivity contribution in [3.05, 3.63) is 53.9 Å². The first-order chi connectivity index (χ1) is 19.2. The van der Waals surface area contributed by atoms with Gasteiger partial charge in [-0.25, -0.2) is 14.4 Å². The van der Waals surface area contributed by atoms with Crippen molar-refractivity contribution in [2.75, 3.05) is 46.2 Å². The zero-order valence-corrected chi connectivity index (χ0v) is 22.2. The van der Waals surface area contributed by atoms with Gasteiger partial charge in [-0.2, -0.15) is 10.2 Å². The summed E-state index contributed by atoms with van der Waals surface area (Å²) in [6.07, 6.45) is -0.721. The maximum Gasteiger partial charge on any atom is 0.258 e. The van der Waals surface area contributed by atoms with Gasteiger partial charge in [-0.1, -0.05) is 0 Å². The summed E-state index contributed by atoms with van der Waals surface area (Å²) in [6, 6.07) is 11.8. The molecule has 4 rings (SSSR count). The molecular weight excluding hydrogens is 521 g/mol. The number of carbonyl (C=O) groups is 2. The minimum absolute atomic E-state index is 0.161. The van der Waals surface area contributed by atoms with Crippen molar-refractivity contribution >= 4 is 23.5 Å². The van der Waals surface area contributed by atoms with Crippen molar-refractivity contribution in [1.82, 2.24) is 24.8 Å². The van der Waals surface area contributed by atoms with Gasteiger partial charge in [0.05, 0.1) is 24.9 Å². The van der Waals surface area contributed by atoms with E-state index in [1.165, 1.54) is 23.2 Å². The Morgan fingerprint density at radius 3 is 2.70 bits per heavy atom. The molecule has 0 aliphatic carbocycles. The molecule has 3 heterocycles. The van der Waals surface area contributed by atoms with E-state index in [-0.39, 0.29) is 42.6 Å². The van der Waals surface area contributed by atoms with E-state index in [0.717, 1.165) is 0 Å². The van der Waals surface area contributed by atoms with Crippen molar-refractivity contribution < 1.29 is 28.6 Å². The number of benzene rings is 1. The van der Waals surface area contributed by atoms with Crippen molar-refractivity contribution in [2.45, 2.75) is 18.7 Å². The summed E-state index contributed by atoms with van der Waals surface area (Å²) in [5, 5.41) is 21.8. The fourth-order valence-electron chi connectivity index (χ4n) is 4.17. The second-order valence-electron chi connectivity index (χ2n) is 9.15. The monoisotopic (exact) mass is 549 g/mol. The standard InChI is InChI=1S/C27H28FN7O5/c1-34(2)27(38)18-5-7-23(33-26(18)39-3)32-24-11-20(30-15-31-24)16-4-6-21(17(10-16)12-29)40-22-8-9-35(13-19(22)28)25(37)14-36/h4-7,10-11,15,19,22,36H,8-9,13-14H2,1-3H3,(H,30,31,32,33)/t19-,22?/m1/s1. The third-order valence-corrected chi connectivity index (χ3v) is 6.26. The number of ether oxygens (including phenoxy) is 2. The predicted octanol–water partition coefficient (Wildman–Crippen LogP) is 2.17. The molecule has 0 spiro atoms. The zero-order valence-electron chi connectivity index (χ0n) is 22.2. The van der Waals surface area contributed by atoms with E-state index in [1.807, 2.05) is 0 Å². The number of alkyl halides is 1. The minimum atomic E-state index is -1.46. The lowest BCUT2D eigenvalue weighted by molar-refractivity contribution is -0.138. The number of hydrogen-bond donors (Lipinski definition) is 2. The van der Waals surface area contributed by atoms with E-state index in [1.54, 1.807) is 50.5 Å². The number of aliphatic hydroxyl groups excluding tert-OH is 1. The van der Waals surface area contributed by atoms with Gasteiger partial charge >= 0.3 is 0 Å². The van der Waals surface area contributed by atoms with E-state index >= 15 is 0 Å². The van der Waals surface area contributed by atoms with E-state index in [4.69, 9.17) is 14.6 Å². The first-order valence-corrected chi connectivity index (χ1v) is 12.3. The van der Waals surface area contributed by atoms with Crippen molar-refractivity contribution in [1.29, 1.82) is 5.26 Å². The van der Waals surface area contributed by atoms with Crippen LogP contribution in [0.1, 0.15) is 22.3 Å². The summed E-state index contributed by atoms with van der Waals surface area (Å²) in [6.45, 7) is -0.611. The molecule has 3 aromatic rings. The largest absolute Gasteiger partial charge is 0.486 e. The first kappa shape index (κ1) is 28.2. The van der Waals surface area contributed by atoms with Crippen LogP contribution in [0.4, 0.5) is 16.0 Å². The van der Waals surface area contributed by atoms with Crippen molar-refractivity contribution in [2.24, 2.45) is 0 Å². The highest BCUT2D eigenvalue weighted by atomic mass is 19.1.